The topological polar surface area (TPSA) is 142 Å². The van der Waals surface area contributed by atoms with Gasteiger partial charge in [0.25, 0.3) is 0 Å². The van der Waals surface area contributed by atoms with Crippen molar-refractivity contribution in [1.29, 1.82) is 0 Å². The molecule has 1 aliphatic rings. The van der Waals surface area contributed by atoms with Crippen LogP contribution in [0.25, 0.3) is 0 Å². The van der Waals surface area contributed by atoms with E-state index in [2.05, 4.69) is 17.6 Å². The zero-order valence-electron chi connectivity index (χ0n) is 24.3. The zero-order valence-corrected chi connectivity index (χ0v) is 24.3. The van der Waals surface area contributed by atoms with E-state index in [9.17, 15) is 29.1 Å². The summed E-state index contributed by atoms with van der Waals surface area (Å²) in [6.07, 6.45) is 3.87. The van der Waals surface area contributed by atoms with Gasteiger partial charge in [-0.1, -0.05) is 41.5 Å². The summed E-state index contributed by atoms with van der Waals surface area (Å²) in [5.41, 5.74) is 0. The fourth-order valence-corrected chi connectivity index (χ4v) is 3.91. The molecule has 10 heteroatoms. The van der Waals surface area contributed by atoms with Crippen molar-refractivity contribution in [1.82, 2.24) is 15.5 Å². The zero-order chi connectivity index (χ0) is 29.1. The van der Waals surface area contributed by atoms with E-state index in [0.717, 1.165) is 12.8 Å². The van der Waals surface area contributed by atoms with E-state index >= 15 is 0 Å². The number of carbonyl (C=O) groups excluding carboxylic acids is 5. The number of nitrogens with one attached hydrogen (secondary N) is 2. The van der Waals surface area contributed by atoms with Crippen LogP contribution in [-0.2, 0) is 23.9 Å². The van der Waals surface area contributed by atoms with Crippen molar-refractivity contribution in [2.24, 2.45) is 11.8 Å². The predicted molar refractivity (Wildman–Crippen MR) is 146 cm³/mol. The van der Waals surface area contributed by atoms with Crippen LogP contribution in [0, 0.1) is 11.8 Å². The van der Waals surface area contributed by atoms with Gasteiger partial charge in [0, 0.05) is 51.6 Å². The predicted octanol–water partition coefficient (Wildman–Crippen LogP) is 3.39. The van der Waals surface area contributed by atoms with Crippen LogP contribution < -0.4 is 10.6 Å². The molecule has 1 fully saturated rings. The molecule has 1 aliphatic heterocycles. The monoisotopic (exact) mass is 541 g/mol. The molecule has 0 aromatic heterocycles. The van der Waals surface area contributed by atoms with Crippen LogP contribution in [0.5, 0.6) is 0 Å². The maximum absolute atomic E-state index is 12.4. The second-order valence-electron chi connectivity index (χ2n) is 10.1. The largest absolute Gasteiger partial charge is 0.444 e. The quantitative estimate of drug-likeness (QED) is 0.272. The Morgan fingerprint density at radius 2 is 1.39 bits per heavy atom. The van der Waals surface area contributed by atoms with Crippen LogP contribution in [0.1, 0.15) is 99.3 Å². The normalized spacial score (nSPS) is 18.0. The highest BCUT2D eigenvalue weighted by Gasteiger charge is 2.34. The third-order valence-corrected chi connectivity index (χ3v) is 6.60. The maximum Gasteiger partial charge on any atom is 0.410 e. The second kappa shape index (κ2) is 20.5. The maximum atomic E-state index is 12.4. The van der Waals surface area contributed by atoms with Crippen LogP contribution in [-0.4, -0.2) is 77.9 Å². The molecule has 3 N–H and O–H groups in total. The van der Waals surface area contributed by atoms with E-state index in [1.165, 1.54) is 0 Å². The molecule has 220 valence electrons. The lowest BCUT2D eigenvalue weighted by Crippen LogP contribution is -2.42. The fraction of sp³-hybridized carbons (Fsp3) is 0.821. The molecule has 38 heavy (non-hydrogen) atoms. The van der Waals surface area contributed by atoms with Gasteiger partial charge in [-0.15, -0.1) is 0 Å². The van der Waals surface area contributed by atoms with E-state index in [0.29, 0.717) is 75.7 Å². The van der Waals surface area contributed by atoms with Gasteiger partial charge in [0.15, 0.2) is 0 Å². The summed E-state index contributed by atoms with van der Waals surface area (Å²) >= 11 is 0. The molecule has 1 saturated heterocycles. The lowest BCUT2D eigenvalue weighted by atomic mass is 10.0. The molecular formula is C28H51N3O7. The smallest absolute Gasteiger partial charge is 0.410 e. The molecule has 1 heterocycles. The van der Waals surface area contributed by atoms with Gasteiger partial charge < -0.3 is 25.4 Å². The SMILES string of the molecule is CCC(=O)CCC(C)CNC(=O)CC.CCC(=O)CCC(CNC(=O)CC)OC(=O)N1CC(C)CC1CO. The highest BCUT2D eigenvalue weighted by Crippen LogP contribution is 2.23. The van der Waals surface area contributed by atoms with Gasteiger partial charge in [-0.2, -0.15) is 0 Å². The lowest BCUT2D eigenvalue weighted by Gasteiger charge is -2.26. The molecule has 4 atom stereocenters. The van der Waals surface area contributed by atoms with Crippen LogP contribution >= 0.6 is 0 Å². The number of aliphatic hydroxyl groups excluding tert-OH is 1. The Morgan fingerprint density at radius 1 is 0.868 bits per heavy atom. The lowest BCUT2D eigenvalue weighted by molar-refractivity contribution is -0.122. The van der Waals surface area contributed by atoms with Crippen LogP contribution in [0.2, 0.25) is 0 Å². The first-order valence-corrected chi connectivity index (χ1v) is 14.2. The van der Waals surface area contributed by atoms with E-state index in [-0.39, 0.29) is 36.8 Å². The van der Waals surface area contributed by atoms with Gasteiger partial charge in [0.1, 0.15) is 17.7 Å². The summed E-state index contributed by atoms with van der Waals surface area (Å²) in [5.74, 6) is 1.06. The Hall–Kier alpha value is -2.49. The number of rotatable bonds is 16. The van der Waals surface area contributed by atoms with Gasteiger partial charge in [0.05, 0.1) is 19.2 Å². The number of Topliss-reactive ketones (excluding diaryl/α,β-unsaturated/α-hetero) is 2. The average Bonchev–Trinajstić information content (AvgIpc) is 3.32. The first-order valence-electron chi connectivity index (χ1n) is 14.2. The van der Waals surface area contributed by atoms with Crippen LogP contribution in [0.4, 0.5) is 4.79 Å². The first kappa shape index (κ1) is 35.5. The Morgan fingerprint density at radius 3 is 1.89 bits per heavy atom. The first-order chi connectivity index (χ1) is 18.0. The number of carbonyl (C=O) groups is 5. The third-order valence-electron chi connectivity index (χ3n) is 6.60. The van der Waals surface area contributed by atoms with E-state index < -0.39 is 12.2 Å². The van der Waals surface area contributed by atoms with Crippen molar-refractivity contribution >= 4 is 29.5 Å². The molecule has 0 aromatic carbocycles. The molecule has 1 rings (SSSR count). The number of hydrogen-bond acceptors (Lipinski definition) is 7. The van der Waals surface area contributed by atoms with Crippen molar-refractivity contribution in [3.8, 4) is 0 Å². The van der Waals surface area contributed by atoms with E-state index in [1.807, 2.05) is 20.8 Å². The number of aliphatic hydroxyl groups is 1. The van der Waals surface area contributed by atoms with Gasteiger partial charge in [0.2, 0.25) is 11.8 Å². The molecule has 0 aliphatic carbocycles. The summed E-state index contributed by atoms with van der Waals surface area (Å²) in [4.78, 5) is 58.8. The molecule has 0 aromatic rings. The molecule has 0 saturated carbocycles. The Labute approximate surface area is 228 Å². The molecule has 0 radical (unpaired) electrons. The van der Waals surface area contributed by atoms with E-state index in [1.54, 1.807) is 18.7 Å². The number of likely N-dealkylation sites (tertiary alicyclic amines) is 1. The van der Waals surface area contributed by atoms with Crippen molar-refractivity contribution < 1.29 is 33.8 Å². The minimum absolute atomic E-state index is 0.0821. The van der Waals surface area contributed by atoms with Crippen LogP contribution in [0.3, 0.4) is 0 Å². The molecule has 0 bridgehead atoms. The summed E-state index contributed by atoms with van der Waals surface area (Å²) in [7, 11) is 0. The number of ether oxygens (including phenoxy) is 1. The standard InChI is InChI=1S/C17H30N2O5.C11H21NO2/c1-4-14(21)6-7-15(9-18-16(22)5-2)24-17(23)19-10-12(3)8-13(19)11-20;1-4-10(13)7-6-9(3)8-12-11(14)5-2/h12-13,15,20H,4-11H2,1-3H3,(H,18,22);9H,4-8H2,1-3H3,(H,12,14). The van der Waals surface area contributed by atoms with Crippen molar-refractivity contribution in [3.63, 3.8) is 0 Å². The number of ketones is 2. The van der Waals surface area contributed by atoms with Gasteiger partial charge in [-0.3, -0.25) is 19.2 Å². The molecule has 0 spiro atoms. The highest BCUT2D eigenvalue weighted by molar-refractivity contribution is 5.78. The Balaban J connectivity index is 0.000000835. The molecule has 10 nitrogen and oxygen atoms in total. The second-order valence-corrected chi connectivity index (χ2v) is 10.1. The van der Waals surface area contributed by atoms with Crippen LogP contribution in [0.15, 0.2) is 0 Å². The molecule has 3 amide bonds. The molecule has 4 unspecified atom stereocenters. The third kappa shape index (κ3) is 15.7. The van der Waals surface area contributed by atoms with Crippen molar-refractivity contribution in [3.05, 3.63) is 0 Å². The van der Waals surface area contributed by atoms with Gasteiger partial charge >= 0.3 is 6.09 Å². The minimum atomic E-state index is -0.543. The summed E-state index contributed by atoms with van der Waals surface area (Å²) in [6.45, 7) is 12.7. The number of nitrogens with zero attached hydrogens (tertiary/aromatic N) is 1. The van der Waals surface area contributed by atoms with Crippen molar-refractivity contribution in [2.75, 3.05) is 26.2 Å². The summed E-state index contributed by atoms with van der Waals surface area (Å²) in [6, 6.07) is -0.226. The highest BCUT2D eigenvalue weighted by atomic mass is 16.6. The van der Waals surface area contributed by atoms with Gasteiger partial charge in [-0.05, 0) is 31.1 Å². The summed E-state index contributed by atoms with van der Waals surface area (Å²) < 4.78 is 5.51. The molecular weight excluding hydrogens is 490 g/mol. The Kier molecular flexibility index (Phi) is 19.1. The number of hydrogen-bond donors (Lipinski definition) is 3. The summed E-state index contributed by atoms with van der Waals surface area (Å²) in [5, 5.41) is 14.9. The Bertz CT molecular complexity index is 704. The number of amides is 3. The average molecular weight is 542 g/mol. The van der Waals surface area contributed by atoms with E-state index in [4.69, 9.17) is 4.74 Å². The van der Waals surface area contributed by atoms with Crippen molar-refractivity contribution in [2.45, 2.75) is 111 Å². The minimum Gasteiger partial charge on any atom is -0.444 e. The fourth-order valence-electron chi connectivity index (χ4n) is 3.91. The van der Waals surface area contributed by atoms with Gasteiger partial charge in [-0.25, -0.2) is 4.79 Å².